The zero-order valence-electron chi connectivity index (χ0n) is 21.3. The Morgan fingerprint density at radius 3 is 2.50 bits per heavy atom. The Morgan fingerprint density at radius 2 is 1.78 bits per heavy atom. The van der Waals surface area contributed by atoms with Crippen molar-refractivity contribution in [3.05, 3.63) is 29.5 Å². The summed E-state index contributed by atoms with van der Waals surface area (Å²) >= 11 is 0. The van der Waals surface area contributed by atoms with Crippen LogP contribution in [0.4, 0.5) is 8.78 Å². The van der Waals surface area contributed by atoms with Gasteiger partial charge in [-0.05, 0) is 102 Å². The first-order valence-corrected chi connectivity index (χ1v) is 13.8. The SMILES string of the molecule is COC1CC[C@@H](CC(=O)NC2CCC(CCN3CCC(c4noc5cc(F)c(F)cc45)CC3)CC2)C1. The van der Waals surface area contributed by atoms with E-state index in [4.69, 9.17) is 9.26 Å². The van der Waals surface area contributed by atoms with E-state index < -0.39 is 11.6 Å². The molecule has 2 saturated carbocycles. The zero-order chi connectivity index (χ0) is 25.1. The van der Waals surface area contributed by atoms with Crippen molar-refractivity contribution in [3.63, 3.8) is 0 Å². The third-order valence-corrected chi connectivity index (χ3v) is 8.88. The highest BCUT2D eigenvalue weighted by Gasteiger charge is 2.29. The molecule has 1 aromatic heterocycles. The van der Waals surface area contributed by atoms with Gasteiger partial charge in [0.1, 0.15) is 0 Å². The minimum atomic E-state index is -0.902. The standard InChI is InChI=1S/C28H39F2N3O3/c1-35-22-7-4-19(14-22)15-27(34)31-21-5-2-18(3-6-21)8-11-33-12-9-20(10-13-33)28-23-16-24(29)25(30)17-26(23)36-32-28/h16-22H,2-15H2,1H3,(H,31,34)/t18?,19-,21?,22?/m1/s1. The van der Waals surface area contributed by atoms with E-state index in [1.165, 1.54) is 25.3 Å². The van der Waals surface area contributed by atoms with Gasteiger partial charge in [-0.25, -0.2) is 8.78 Å². The molecule has 2 aliphatic carbocycles. The number of benzene rings is 1. The average Bonchev–Trinajstić information content (AvgIpc) is 3.51. The van der Waals surface area contributed by atoms with Gasteiger partial charge in [0.15, 0.2) is 17.2 Å². The van der Waals surface area contributed by atoms with Crippen LogP contribution in [0, 0.1) is 23.5 Å². The molecule has 1 unspecified atom stereocenters. The van der Waals surface area contributed by atoms with Crippen LogP contribution in [-0.2, 0) is 9.53 Å². The quantitative estimate of drug-likeness (QED) is 0.511. The largest absolute Gasteiger partial charge is 0.381 e. The highest BCUT2D eigenvalue weighted by atomic mass is 19.2. The molecule has 0 radical (unpaired) electrons. The molecule has 36 heavy (non-hydrogen) atoms. The lowest BCUT2D eigenvalue weighted by Crippen LogP contribution is -2.39. The summed E-state index contributed by atoms with van der Waals surface area (Å²) in [6.07, 6.45) is 11.8. The molecular formula is C28H39F2N3O3. The monoisotopic (exact) mass is 503 g/mol. The number of carbonyl (C=O) groups is 1. The molecular weight excluding hydrogens is 464 g/mol. The number of rotatable bonds is 8. The second kappa shape index (κ2) is 11.5. The molecule has 6 nitrogen and oxygen atoms in total. The van der Waals surface area contributed by atoms with Crippen LogP contribution in [0.15, 0.2) is 16.7 Å². The van der Waals surface area contributed by atoms with Gasteiger partial charge in [0.25, 0.3) is 0 Å². The Balaban J connectivity index is 0.996. The number of methoxy groups -OCH3 is 1. The molecule has 198 valence electrons. The maximum atomic E-state index is 13.7. The Labute approximate surface area is 212 Å². The molecule has 8 heteroatoms. The number of likely N-dealkylation sites (tertiary alicyclic amines) is 1. The van der Waals surface area contributed by atoms with Crippen molar-refractivity contribution in [2.75, 3.05) is 26.7 Å². The topological polar surface area (TPSA) is 67.6 Å². The molecule has 3 aliphatic rings. The predicted octanol–water partition coefficient (Wildman–Crippen LogP) is 5.56. The van der Waals surface area contributed by atoms with E-state index in [9.17, 15) is 13.6 Å². The first-order chi connectivity index (χ1) is 17.5. The summed E-state index contributed by atoms with van der Waals surface area (Å²) in [6, 6.07) is 2.63. The van der Waals surface area contributed by atoms with Gasteiger partial charge in [-0.15, -0.1) is 0 Å². The Bertz CT molecular complexity index is 1030. The summed E-state index contributed by atoms with van der Waals surface area (Å²) in [5, 5.41) is 8.04. The third kappa shape index (κ3) is 6.08. The number of aromatic nitrogens is 1. The molecule has 1 aliphatic heterocycles. The number of hydrogen-bond acceptors (Lipinski definition) is 5. The lowest BCUT2D eigenvalue weighted by atomic mass is 9.83. The first-order valence-electron chi connectivity index (χ1n) is 13.8. The van der Waals surface area contributed by atoms with Crippen LogP contribution in [0.1, 0.15) is 82.2 Å². The van der Waals surface area contributed by atoms with E-state index in [-0.39, 0.29) is 11.8 Å². The van der Waals surface area contributed by atoms with Crippen LogP contribution >= 0.6 is 0 Å². The van der Waals surface area contributed by atoms with Crippen LogP contribution in [-0.4, -0.2) is 54.9 Å². The molecule has 1 N–H and O–H groups in total. The first kappa shape index (κ1) is 25.6. The molecule has 0 spiro atoms. The smallest absolute Gasteiger partial charge is 0.220 e. The molecule has 2 heterocycles. The third-order valence-electron chi connectivity index (χ3n) is 8.88. The number of amides is 1. The molecule has 1 amide bonds. The molecule has 2 aromatic rings. The van der Waals surface area contributed by atoms with Crippen LogP contribution in [0.3, 0.4) is 0 Å². The van der Waals surface area contributed by atoms with Crippen molar-refractivity contribution in [2.45, 2.75) is 88.7 Å². The summed E-state index contributed by atoms with van der Waals surface area (Å²) < 4.78 is 37.9. The van der Waals surface area contributed by atoms with Crippen LogP contribution in [0.25, 0.3) is 11.0 Å². The van der Waals surface area contributed by atoms with E-state index in [1.807, 2.05) is 0 Å². The van der Waals surface area contributed by atoms with Crippen LogP contribution in [0.2, 0.25) is 0 Å². The van der Waals surface area contributed by atoms with Crippen molar-refractivity contribution in [2.24, 2.45) is 11.8 Å². The minimum absolute atomic E-state index is 0.218. The summed E-state index contributed by atoms with van der Waals surface area (Å²) in [7, 11) is 1.77. The van der Waals surface area contributed by atoms with Gasteiger partial charge >= 0.3 is 0 Å². The summed E-state index contributed by atoms with van der Waals surface area (Å²) in [5.41, 5.74) is 1.08. The van der Waals surface area contributed by atoms with Gasteiger partial charge in [0, 0.05) is 36.9 Å². The number of fused-ring (bicyclic) bond motifs is 1. The van der Waals surface area contributed by atoms with Gasteiger partial charge in [0.2, 0.25) is 5.91 Å². The fourth-order valence-corrected chi connectivity index (χ4v) is 6.61. The summed E-state index contributed by atoms with van der Waals surface area (Å²) in [4.78, 5) is 15.0. The lowest BCUT2D eigenvalue weighted by Gasteiger charge is -2.34. The number of hydrogen-bond donors (Lipinski definition) is 1. The number of carbonyl (C=O) groups excluding carboxylic acids is 1. The maximum Gasteiger partial charge on any atom is 0.220 e. The van der Waals surface area contributed by atoms with Gasteiger partial charge < -0.3 is 19.5 Å². The van der Waals surface area contributed by atoms with Gasteiger partial charge in [0.05, 0.1) is 11.8 Å². The summed E-state index contributed by atoms with van der Waals surface area (Å²) in [5.74, 6) is -0.117. The number of ether oxygens (including phenoxy) is 1. The van der Waals surface area contributed by atoms with Crippen LogP contribution < -0.4 is 5.32 Å². The van der Waals surface area contributed by atoms with E-state index >= 15 is 0 Å². The number of halogens is 2. The number of nitrogens with zero attached hydrogens (tertiary/aromatic N) is 2. The lowest BCUT2D eigenvalue weighted by molar-refractivity contribution is -0.123. The predicted molar refractivity (Wildman–Crippen MR) is 134 cm³/mol. The van der Waals surface area contributed by atoms with Crippen molar-refractivity contribution in [1.29, 1.82) is 0 Å². The Hall–Kier alpha value is -2.06. The Morgan fingerprint density at radius 1 is 1.06 bits per heavy atom. The van der Waals surface area contributed by atoms with Crippen molar-refractivity contribution < 1.29 is 22.8 Å². The highest BCUT2D eigenvalue weighted by Crippen LogP contribution is 2.34. The van der Waals surface area contributed by atoms with Gasteiger partial charge in [-0.2, -0.15) is 0 Å². The van der Waals surface area contributed by atoms with E-state index in [1.54, 1.807) is 7.11 Å². The molecule has 1 saturated heterocycles. The fraction of sp³-hybridized carbons (Fsp3) is 0.714. The molecule has 2 atom stereocenters. The van der Waals surface area contributed by atoms with Gasteiger partial charge in [-0.1, -0.05) is 5.16 Å². The minimum Gasteiger partial charge on any atom is -0.381 e. The fourth-order valence-electron chi connectivity index (χ4n) is 6.61. The van der Waals surface area contributed by atoms with Gasteiger partial charge in [-0.3, -0.25) is 4.79 Å². The van der Waals surface area contributed by atoms with E-state index in [0.717, 1.165) is 82.3 Å². The van der Waals surface area contributed by atoms with Crippen LogP contribution in [0.5, 0.6) is 0 Å². The summed E-state index contributed by atoms with van der Waals surface area (Å²) in [6.45, 7) is 3.06. The zero-order valence-corrected chi connectivity index (χ0v) is 21.3. The normalized spacial score (nSPS) is 28.1. The highest BCUT2D eigenvalue weighted by molar-refractivity contribution is 5.80. The van der Waals surface area contributed by atoms with E-state index in [2.05, 4.69) is 15.4 Å². The maximum absolute atomic E-state index is 13.7. The van der Waals surface area contributed by atoms with Crippen molar-refractivity contribution in [3.8, 4) is 0 Å². The average molecular weight is 504 g/mol. The molecule has 5 rings (SSSR count). The second-order valence-electron chi connectivity index (χ2n) is 11.3. The molecule has 1 aromatic carbocycles. The molecule has 3 fully saturated rings. The number of nitrogens with one attached hydrogen (secondary N) is 1. The van der Waals surface area contributed by atoms with Crippen molar-refractivity contribution >= 4 is 16.9 Å². The Kier molecular flexibility index (Phi) is 8.21. The second-order valence-corrected chi connectivity index (χ2v) is 11.3. The van der Waals surface area contributed by atoms with Crippen molar-refractivity contribution in [1.82, 2.24) is 15.4 Å². The number of piperidine rings is 1. The van der Waals surface area contributed by atoms with E-state index in [0.29, 0.717) is 35.5 Å². The molecule has 0 bridgehead atoms.